The van der Waals surface area contributed by atoms with E-state index < -0.39 is 0 Å². The Morgan fingerprint density at radius 2 is 2.33 bits per heavy atom. The Hall–Kier alpha value is -1.99. The van der Waals surface area contributed by atoms with Crippen LogP contribution in [0.15, 0.2) is 24.5 Å². The Morgan fingerprint density at radius 1 is 1.52 bits per heavy atom. The summed E-state index contributed by atoms with van der Waals surface area (Å²) in [5, 5.41) is 14.4. The molecule has 0 bridgehead atoms. The highest BCUT2D eigenvalue weighted by Crippen LogP contribution is 2.32. The second-order valence-corrected chi connectivity index (χ2v) is 5.51. The van der Waals surface area contributed by atoms with Crippen LogP contribution in [0.3, 0.4) is 0 Å². The summed E-state index contributed by atoms with van der Waals surface area (Å²) in [5.74, 6) is 0.264. The van der Waals surface area contributed by atoms with Crippen molar-refractivity contribution in [2.24, 2.45) is 11.7 Å². The van der Waals surface area contributed by atoms with Crippen molar-refractivity contribution in [2.45, 2.75) is 18.9 Å². The van der Waals surface area contributed by atoms with Gasteiger partial charge in [-0.1, -0.05) is 11.6 Å². The van der Waals surface area contributed by atoms with Gasteiger partial charge in [0.1, 0.15) is 6.33 Å². The number of amides is 1. The second kappa shape index (κ2) is 5.79. The maximum atomic E-state index is 12.5. The highest BCUT2D eigenvalue weighted by atomic mass is 35.5. The lowest BCUT2D eigenvalue weighted by molar-refractivity contribution is 0.0933. The zero-order valence-electron chi connectivity index (χ0n) is 11.2. The molecule has 1 atom stereocenters. The summed E-state index contributed by atoms with van der Waals surface area (Å²) in [4.78, 5) is 12.5. The molecule has 1 unspecified atom stereocenters. The molecule has 1 aromatic carbocycles. The smallest absolute Gasteiger partial charge is 0.253 e. The van der Waals surface area contributed by atoms with E-state index in [2.05, 4.69) is 20.8 Å². The van der Waals surface area contributed by atoms with Gasteiger partial charge in [0.25, 0.3) is 5.91 Å². The number of nitrogens with two attached hydrogens (primary N) is 1. The van der Waals surface area contributed by atoms with Gasteiger partial charge in [0, 0.05) is 17.6 Å². The van der Waals surface area contributed by atoms with Gasteiger partial charge in [0.2, 0.25) is 0 Å². The van der Waals surface area contributed by atoms with Crippen molar-refractivity contribution in [3.8, 4) is 5.69 Å². The third-order valence-corrected chi connectivity index (χ3v) is 3.80. The molecule has 1 amide bonds. The molecule has 8 heteroatoms. The molecule has 1 fully saturated rings. The van der Waals surface area contributed by atoms with Gasteiger partial charge in [-0.2, -0.15) is 4.68 Å². The maximum absolute atomic E-state index is 12.5. The minimum Gasteiger partial charge on any atom is -0.348 e. The van der Waals surface area contributed by atoms with E-state index >= 15 is 0 Å². The van der Waals surface area contributed by atoms with Gasteiger partial charge in [-0.3, -0.25) is 4.79 Å². The van der Waals surface area contributed by atoms with Gasteiger partial charge in [0.15, 0.2) is 0 Å². The van der Waals surface area contributed by atoms with Crippen molar-refractivity contribution >= 4 is 17.5 Å². The Balaban J connectivity index is 1.89. The first kappa shape index (κ1) is 14.0. The van der Waals surface area contributed by atoms with E-state index in [1.165, 1.54) is 11.0 Å². The van der Waals surface area contributed by atoms with Crippen molar-refractivity contribution < 1.29 is 4.79 Å². The highest BCUT2D eigenvalue weighted by molar-refractivity contribution is 6.31. The first-order valence-electron chi connectivity index (χ1n) is 6.73. The molecule has 7 nitrogen and oxygen atoms in total. The quantitative estimate of drug-likeness (QED) is 0.850. The average Bonchev–Trinajstić information content (AvgIpc) is 3.19. The third kappa shape index (κ3) is 3.03. The molecule has 1 saturated carbocycles. The number of carbonyl (C=O) groups excluding carboxylic acids is 1. The van der Waals surface area contributed by atoms with Crippen LogP contribution in [0, 0.1) is 5.92 Å². The lowest BCUT2D eigenvalue weighted by Crippen LogP contribution is -2.42. The molecule has 110 valence electrons. The van der Waals surface area contributed by atoms with Gasteiger partial charge >= 0.3 is 0 Å². The lowest BCUT2D eigenvalue weighted by Gasteiger charge is -2.17. The van der Waals surface area contributed by atoms with Crippen LogP contribution in [0.5, 0.6) is 0 Å². The highest BCUT2D eigenvalue weighted by Gasteiger charge is 2.31. The first-order chi connectivity index (χ1) is 10.2. The largest absolute Gasteiger partial charge is 0.348 e. The van der Waals surface area contributed by atoms with E-state index in [9.17, 15) is 4.79 Å². The molecule has 3 N–H and O–H groups in total. The summed E-state index contributed by atoms with van der Waals surface area (Å²) in [6, 6.07) is 5.01. The normalized spacial score (nSPS) is 15.7. The minimum absolute atomic E-state index is 0.00166. The van der Waals surface area contributed by atoms with Crippen LogP contribution >= 0.6 is 11.6 Å². The number of carbonyl (C=O) groups is 1. The van der Waals surface area contributed by atoms with Crippen LogP contribution in [0.25, 0.3) is 5.69 Å². The molecular weight excluding hydrogens is 292 g/mol. The Morgan fingerprint density at radius 3 is 2.95 bits per heavy atom. The third-order valence-electron chi connectivity index (χ3n) is 3.56. The van der Waals surface area contributed by atoms with Crippen molar-refractivity contribution in [3.63, 3.8) is 0 Å². The zero-order valence-corrected chi connectivity index (χ0v) is 12.0. The van der Waals surface area contributed by atoms with E-state index in [0.717, 1.165) is 12.8 Å². The molecule has 3 rings (SSSR count). The Labute approximate surface area is 126 Å². The van der Waals surface area contributed by atoms with E-state index in [0.29, 0.717) is 28.7 Å². The van der Waals surface area contributed by atoms with Crippen LogP contribution < -0.4 is 11.1 Å². The number of rotatable bonds is 5. The van der Waals surface area contributed by atoms with Gasteiger partial charge in [-0.25, -0.2) is 0 Å². The number of hydrogen-bond acceptors (Lipinski definition) is 5. The summed E-state index contributed by atoms with van der Waals surface area (Å²) in [7, 11) is 0. The SMILES string of the molecule is NCC(NC(=O)c1cc(Cl)ccc1-n1cnnn1)C1CC1. The predicted octanol–water partition coefficient (Wildman–Crippen LogP) is 0.783. The lowest BCUT2D eigenvalue weighted by atomic mass is 10.1. The molecule has 1 aliphatic rings. The number of benzene rings is 1. The number of aromatic nitrogens is 4. The monoisotopic (exact) mass is 306 g/mol. The maximum Gasteiger partial charge on any atom is 0.253 e. The topological polar surface area (TPSA) is 98.7 Å². The fourth-order valence-corrected chi connectivity index (χ4v) is 2.45. The fourth-order valence-electron chi connectivity index (χ4n) is 2.28. The van der Waals surface area contributed by atoms with Crippen LogP contribution in [0.4, 0.5) is 0 Å². The van der Waals surface area contributed by atoms with Crippen LogP contribution in [0.2, 0.25) is 5.02 Å². The fraction of sp³-hybridized carbons (Fsp3) is 0.385. The van der Waals surface area contributed by atoms with Crippen molar-refractivity contribution in [3.05, 3.63) is 35.1 Å². The van der Waals surface area contributed by atoms with E-state index in [1.54, 1.807) is 18.2 Å². The minimum atomic E-state index is -0.217. The molecule has 1 heterocycles. The molecule has 0 aliphatic heterocycles. The van der Waals surface area contributed by atoms with Crippen molar-refractivity contribution in [1.82, 2.24) is 25.5 Å². The van der Waals surface area contributed by atoms with E-state index in [-0.39, 0.29) is 11.9 Å². The van der Waals surface area contributed by atoms with Gasteiger partial charge in [-0.15, -0.1) is 5.10 Å². The Bertz CT molecular complexity index is 640. The summed E-state index contributed by atoms with van der Waals surface area (Å²) in [6.45, 7) is 0.428. The number of nitrogens with one attached hydrogen (secondary N) is 1. The van der Waals surface area contributed by atoms with Gasteiger partial charge in [0.05, 0.1) is 11.3 Å². The molecule has 0 spiro atoms. The van der Waals surface area contributed by atoms with Crippen LogP contribution in [0.1, 0.15) is 23.2 Å². The number of nitrogens with zero attached hydrogens (tertiary/aromatic N) is 4. The molecule has 0 saturated heterocycles. The van der Waals surface area contributed by atoms with Crippen molar-refractivity contribution in [1.29, 1.82) is 0 Å². The van der Waals surface area contributed by atoms with Crippen LogP contribution in [-0.4, -0.2) is 38.7 Å². The van der Waals surface area contributed by atoms with Crippen LogP contribution in [-0.2, 0) is 0 Å². The van der Waals surface area contributed by atoms with Gasteiger partial charge < -0.3 is 11.1 Å². The Kier molecular flexibility index (Phi) is 3.85. The van der Waals surface area contributed by atoms with Gasteiger partial charge in [-0.05, 0) is 47.4 Å². The molecule has 0 radical (unpaired) electrons. The first-order valence-corrected chi connectivity index (χ1v) is 7.10. The average molecular weight is 307 g/mol. The predicted molar refractivity (Wildman–Crippen MR) is 77.2 cm³/mol. The molecule has 1 aliphatic carbocycles. The summed E-state index contributed by atoms with van der Waals surface area (Å²) >= 11 is 6.00. The van der Waals surface area contributed by atoms with E-state index in [1.807, 2.05) is 0 Å². The van der Waals surface area contributed by atoms with Crippen molar-refractivity contribution in [2.75, 3.05) is 6.54 Å². The molecule has 21 heavy (non-hydrogen) atoms. The molecule has 1 aromatic heterocycles. The standard InChI is InChI=1S/C13H15ClN6O/c14-9-3-4-12(20-7-16-18-19-20)10(5-9)13(21)17-11(6-15)8-1-2-8/h3-5,7-8,11H,1-2,6,15H2,(H,17,21). The number of tetrazole rings is 1. The molecular formula is C13H15ClN6O. The van der Waals surface area contributed by atoms with E-state index in [4.69, 9.17) is 17.3 Å². The number of halogens is 1. The zero-order chi connectivity index (χ0) is 14.8. The molecule has 2 aromatic rings. The number of hydrogen-bond donors (Lipinski definition) is 2. The summed E-state index contributed by atoms with van der Waals surface area (Å²) in [6.07, 6.45) is 3.65. The summed E-state index contributed by atoms with van der Waals surface area (Å²) < 4.78 is 1.43. The second-order valence-electron chi connectivity index (χ2n) is 5.07. The summed E-state index contributed by atoms with van der Waals surface area (Å²) in [5.41, 5.74) is 6.73.